The molecule has 1 spiro atoms. The number of carbonyl (C=O) groups excluding carboxylic acids is 1. The fourth-order valence-electron chi connectivity index (χ4n) is 3.62. The minimum atomic E-state index is 0.0501. The van der Waals surface area contributed by atoms with Crippen LogP contribution in [-0.2, 0) is 4.79 Å². The van der Waals surface area contributed by atoms with E-state index < -0.39 is 0 Å². The van der Waals surface area contributed by atoms with E-state index in [1.807, 2.05) is 4.90 Å². The number of likely N-dealkylation sites (tertiary alicyclic amines) is 1. The van der Waals surface area contributed by atoms with Crippen molar-refractivity contribution in [3.05, 3.63) is 0 Å². The zero-order valence-corrected chi connectivity index (χ0v) is 12.7. The second kappa shape index (κ2) is 6.23. The summed E-state index contributed by atoms with van der Waals surface area (Å²) in [6.07, 6.45) is 3.82. The van der Waals surface area contributed by atoms with Crippen molar-refractivity contribution >= 4 is 5.91 Å². The van der Waals surface area contributed by atoms with E-state index in [1.54, 1.807) is 0 Å². The van der Waals surface area contributed by atoms with E-state index >= 15 is 0 Å². The number of nitrogens with zero attached hydrogens (tertiary/aromatic N) is 2. The van der Waals surface area contributed by atoms with Gasteiger partial charge in [0.1, 0.15) is 0 Å². The average molecular weight is 267 g/mol. The molecular weight excluding hydrogens is 238 g/mol. The molecular formula is C15H29N3O. The Balaban J connectivity index is 1.94. The molecule has 1 unspecified atom stereocenters. The Morgan fingerprint density at radius 2 is 1.89 bits per heavy atom. The van der Waals surface area contributed by atoms with Gasteiger partial charge >= 0.3 is 0 Å². The van der Waals surface area contributed by atoms with E-state index in [9.17, 15) is 4.79 Å². The summed E-state index contributed by atoms with van der Waals surface area (Å²) >= 11 is 0. The molecule has 1 amide bonds. The molecule has 110 valence electrons. The molecule has 0 aliphatic carbocycles. The molecule has 0 bridgehead atoms. The average Bonchev–Trinajstić information content (AvgIpc) is 2.83. The van der Waals surface area contributed by atoms with E-state index in [0.29, 0.717) is 11.3 Å². The molecule has 2 aliphatic heterocycles. The molecule has 1 atom stereocenters. The largest absolute Gasteiger partial charge is 0.342 e. The summed E-state index contributed by atoms with van der Waals surface area (Å²) in [5.74, 6) is 0.302. The van der Waals surface area contributed by atoms with Crippen molar-refractivity contribution in [3.8, 4) is 0 Å². The van der Waals surface area contributed by atoms with Crippen LogP contribution in [-0.4, -0.2) is 61.0 Å². The summed E-state index contributed by atoms with van der Waals surface area (Å²) in [5, 5.41) is 3.45. The number of hydrogen-bond donors (Lipinski definition) is 1. The lowest BCUT2D eigenvalue weighted by Crippen LogP contribution is -2.47. The third-order valence-electron chi connectivity index (χ3n) is 5.11. The predicted octanol–water partition coefficient (Wildman–Crippen LogP) is 1.32. The lowest BCUT2D eigenvalue weighted by molar-refractivity contribution is -0.135. The molecule has 2 fully saturated rings. The number of nitrogens with one attached hydrogen (secondary N) is 1. The molecule has 0 radical (unpaired) electrons. The summed E-state index contributed by atoms with van der Waals surface area (Å²) in [6.45, 7) is 12.3. The Labute approximate surface area is 117 Å². The van der Waals surface area contributed by atoms with E-state index in [-0.39, 0.29) is 6.04 Å². The summed E-state index contributed by atoms with van der Waals surface area (Å²) in [6, 6.07) is 0.0501. The minimum absolute atomic E-state index is 0.0501. The highest BCUT2D eigenvalue weighted by atomic mass is 16.2. The van der Waals surface area contributed by atoms with Gasteiger partial charge in [0, 0.05) is 19.6 Å². The summed E-state index contributed by atoms with van der Waals surface area (Å²) in [5.41, 5.74) is 0.489. The zero-order valence-electron chi connectivity index (χ0n) is 12.7. The number of carbonyl (C=O) groups is 1. The van der Waals surface area contributed by atoms with Crippen LogP contribution < -0.4 is 5.32 Å². The highest BCUT2D eigenvalue weighted by Gasteiger charge is 2.41. The van der Waals surface area contributed by atoms with E-state index in [0.717, 1.165) is 39.3 Å². The van der Waals surface area contributed by atoms with Gasteiger partial charge in [-0.15, -0.1) is 0 Å². The first-order chi connectivity index (χ1) is 9.12. The van der Waals surface area contributed by atoms with Crippen LogP contribution in [0.1, 0.15) is 40.0 Å². The van der Waals surface area contributed by atoms with Gasteiger partial charge in [-0.25, -0.2) is 0 Å². The number of hydrogen-bond acceptors (Lipinski definition) is 3. The van der Waals surface area contributed by atoms with E-state index in [1.165, 1.54) is 19.3 Å². The van der Waals surface area contributed by atoms with Gasteiger partial charge in [-0.05, 0) is 65.1 Å². The molecule has 0 aromatic rings. The molecule has 0 aromatic heterocycles. The Hall–Kier alpha value is -0.610. The third kappa shape index (κ3) is 3.11. The fourth-order valence-corrected chi connectivity index (χ4v) is 3.62. The van der Waals surface area contributed by atoms with E-state index in [4.69, 9.17) is 0 Å². The smallest absolute Gasteiger partial charge is 0.239 e. The topological polar surface area (TPSA) is 35.6 Å². The Morgan fingerprint density at radius 1 is 1.26 bits per heavy atom. The van der Waals surface area contributed by atoms with Crippen molar-refractivity contribution in [2.24, 2.45) is 5.41 Å². The van der Waals surface area contributed by atoms with Crippen LogP contribution in [0.15, 0.2) is 0 Å². The van der Waals surface area contributed by atoms with Gasteiger partial charge in [-0.3, -0.25) is 9.69 Å². The number of likely N-dealkylation sites (N-methyl/N-ethyl adjacent to an activating group) is 1. The Morgan fingerprint density at radius 3 is 2.47 bits per heavy atom. The second-order valence-corrected chi connectivity index (χ2v) is 6.16. The summed E-state index contributed by atoms with van der Waals surface area (Å²) in [4.78, 5) is 16.8. The highest BCUT2D eigenvalue weighted by molar-refractivity contribution is 5.81. The minimum Gasteiger partial charge on any atom is -0.342 e. The zero-order chi connectivity index (χ0) is 13.9. The van der Waals surface area contributed by atoms with Gasteiger partial charge in [0.05, 0.1) is 6.04 Å². The van der Waals surface area contributed by atoms with Crippen molar-refractivity contribution in [3.63, 3.8) is 0 Å². The summed E-state index contributed by atoms with van der Waals surface area (Å²) in [7, 11) is 0. The quantitative estimate of drug-likeness (QED) is 0.834. The second-order valence-electron chi connectivity index (χ2n) is 6.16. The Kier molecular flexibility index (Phi) is 4.85. The van der Waals surface area contributed by atoms with Crippen molar-refractivity contribution in [1.82, 2.24) is 15.1 Å². The third-order valence-corrected chi connectivity index (χ3v) is 5.11. The lowest BCUT2D eigenvalue weighted by Gasteiger charge is -2.35. The van der Waals surface area contributed by atoms with Gasteiger partial charge in [0.2, 0.25) is 5.91 Å². The fraction of sp³-hybridized carbons (Fsp3) is 0.933. The maximum absolute atomic E-state index is 12.4. The molecule has 2 aliphatic rings. The lowest BCUT2D eigenvalue weighted by atomic mass is 9.78. The highest BCUT2D eigenvalue weighted by Crippen LogP contribution is 2.39. The maximum atomic E-state index is 12.4. The standard InChI is InChI=1S/C15H29N3O/c1-4-17(5-2)14(19)13(3)18-11-8-15(12-18)6-9-16-10-7-15/h13,16H,4-12H2,1-3H3. The van der Waals surface area contributed by atoms with Crippen molar-refractivity contribution < 1.29 is 4.79 Å². The monoisotopic (exact) mass is 267 g/mol. The van der Waals surface area contributed by atoms with Gasteiger partial charge in [0.25, 0.3) is 0 Å². The van der Waals surface area contributed by atoms with Crippen LogP contribution in [0.5, 0.6) is 0 Å². The van der Waals surface area contributed by atoms with E-state index in [2.05, 4.69) is 31.0 Å². The van der Waals surface area contributed by atoms with Crippen LogP contribution >= 0.6 is 0 Å². The first kappa shape index (κ1) is 14.8. The SMILES string of the molecule is CCN(CC)C(=O)C(C)N1CCC2(CCNCC2)C1. The normalized spacial score (nSPS) is 24.6. The van der Waals surface area contributed by atoms with Crippen LogP contribution in [0, 0.1) is 5.41 Å². The predicted molar refractivity (Wildman–Crippen MR) is 78.1 cm³/mol. The number of rotatable bonds is 4. The first-order valence-corrected chi connectivity index (χ1v) is 7.85. The van der Waals surface area contributed by atoms with Gasteiger partial charge in [-0.2, -0.15) is 0 Å². The molecule has 2 heterocycles. The first-order valence-electron chi connectivity index (χ1n) is 7.85. The van der Waals surface area contributed by atoms with Crippen molar-refractivity contribution in [2.45, 2.75) is 46.1 Å². The molecule has 4 nitrogen and oxygen atoms in total. The van der Waals surface area contributed by atoms with Crippen molar-refractivity contribution in [1.29, 1.82) is 0 Å². The van der Waals surface area contributed by atoms with Crippen LogP contribution in [0.4, 0.5) is 0 Å². The van der Waals surface area contributed by atoms with Crippen molar-refractivity contribution in [2.75, 3.05) is 39.3 Å². The number of amides is 1. The van der Waals surface area contributed by atoms with Gasteiger partial charge in [0.15, 0.2) is 0 Å². The molecule has 0 saturated carbocycles. The maximum Gasteiger partial charge on any atom is 0.239 e. The van der Waals surface area contributed by atoms with Gasteiger partial charge < -0.3 is 10.2 Å². The molecule has 19 heavy (non-hydrogen) atoms. The van der Waals surface area contributed by atoms with Crippen LogP contribution in [0.2, 0.25) is 0 Å². The molecule has 2 saturated heterocycles. The molecule has 4 heteroatoms. The van der Waals surface area contributed by atoms with Crippen LogP contribution in [0.3, 0.4) is 0 Å². The van der Waals surface area contributed by atoms with Crippen LogP contribution in [0.25, 0.3) is 0 Å². The Bertz CT molecular complexity index is 309. The molecule has 2 rings (SSSR count). The van der Waals surface area contributed by atoms with Gasteiger partial charge in [-0.1, -0.05) is 0 Å². The summed E-state index contributed by atoms with van der Waals surface area (Å²) < 4.78 is 0. The molecule has 1 N–H and O–H groups in total. The number of piperidine rings is 1. The molecule has 0 aromatic carbocycles.